The van der Waals surface area contributed by atoms with Crippen LogP contribution in [0.25, 0.3) is 0 Å². The van der Waals surface area contributed by atoms with Crippen LogP contribution in [0.4, 0.5) is 22.4 Å². The molecule has 1 saturated heterocycles. The Hall–Kier alpha value is -2.65. The van der Waals surface area contributed by atoms with E-state index in [1.807, 2.05) is 0 Å². The number of alkyl halides is 3. The number of esters is 1. The van der Waals surface area contributed by atoms with Crippen molar-refractivity contribution in [3.05, 3.63) is 35.1 Å². The molecule has 2 amide bonds. The molecule has 1 aromatic carbocycles. The number of benzene rings is 1. The van der Waals surface area contributed by atoms with Gasteiger partial charge in [0.2, 0.25) is 5.91 Å². The summed E-state index contributed by atoms with van der Waals surface area (Å²) in [5.74, 6) is -4.38. The van der Waals surface area contributed by atoms with Crippen LogP contribution in [-0.4, -0.2) is 40.1 Å². The molecule has 0 aromatic heterocycles. The third-order valence-electron chi connectivity index (χ3n) is 4.55. The second kappa shape index (κ2) is 8.71. The molecule has 2 atom stereocenters. The van der Waals surface area contributed by atoms with Crippen molar-refractivity contribution in [3.63, 3.8) is 0 Å². The normalized spacial score (nSPS) is 20.2. The van der Waals surface area contributed by atoms with Crippen molar-refractivity contribution in [2.75, 3.05) is 0 Å². The van der Waals surface area contributed by atoms with Gasteiger partial charge in [0.05, 0.1) is 5.56 Å². The number of rotatable bonds is 2. The van der Waals surface area contributed by atoms with Crippen molar-refractivity contribution >= 4 is 18.0 Å². The van der Waals surface area contributed by atoms with E-state index in [1.54, 1.807) is 41.5 Å². The molecule has 0 unspecified atom stereocenters. The molecular weight excluding hydrogens is 434 g/mol. The number of imide groups is 1. The standard InChI is InChI=1S/C22H27F4NO5/c1-20(2,3)31-18(29)15-10-12(11-16(28)27(15)19(30)32-21(4,5)6)13-8-7-9-14(17(13)23)22(24,25)26/h7-9,12,15H,10-11H2,1-6H3/t12-,15-/m1/s1. The number of piperidine rings is 1. The van der Waals surface area contributed by atoms with Gasteiger partial charge in [-0.05, 0) is 65.5 Å². The summed E-state index contributed by atoms with van der Waals surface area (Å²) in [6, 6.07) is 1.29. The second-order valence-electron chi connectivity index (χ2n) is 9.64. The average Bonchev–Trinajstić information content (AvgIpc) is 2.56. The van der Waals surface area contributed by atoms with Gasteiger partial charge in [0, 0.05) is 6.42 Å². The molecule has 6 nitrogen and oxygen atoms in total. The number of amides is 2. The quantitative estimate of drug-likeness (QED) is 0.447. The van der Waals surface area contributed by atoms with E-state index in [0.717, 1.165) is 12.1 Å². The van der Waals surface area contributed by atoms with Crippen LogP contribution in [0.3, 0.4) is 0 Å². The first-order chi connectivity index (χ1) is 14.4. The Kier molecular flexibility index (Phi) is 6.97. The molecular formula is C22H27F4NO5. The third kappa shape index (κ3) is 6.20. The molecule has 1 aromatic rings. The van der Waals surface area contributed by atoms with E-state index in [9.17, 15) is 31.9 Å². The molecule has 178 valence electrons. The lowest BCUT2D eigenvalue weighted by atomic mass is 9.84. The fraction of sp³-hybridized carbons (Fsp3) is 0.591. The van der Waals surface area contributed by atoms with Crippen LogP contribution in [0, 0.1) is 5.82 Å². The minimum Gasteiger partial charge on any atom is -0.458 e. The van der Waals surface area contributed by atoms with E-state index in [1.165, 1.54) is 0 Å². The lowest BCUT2D eigenvalue weighted by Crippen LogP contribution is -2.55. The third-order valence-corrected chi connectivity index (χ3v) is 4.55. The van der Waals surface area contributed by atoms with Crippen LogP contribution in [0.5, 0.6) is 0 Å². The van der Waals surface area contributed by atoms with Crippen LogP contribution in [0.2, 0.25) is 0 Å². The lowest BCUT2D eigenvalue weighted by molar-refractivity contribution is -0.166. The Labute approximate surface area is 183 Å². The first-order valence-electron chi connectivity index (χ1n) is 10.0. The lowest BCUT2D eigenvalue weighted by Gasteiger charge is -2.38. The van der Waals surface area contributed by atoms with Crippen molar-refractivity contribution in [2.45, 2.75) is 83.7 Å². The first-order valence-corrected chi connectivity index (χ1v) is 10.0. The van der Waals surface area contributed by atoms with Crippen molar-refractivity contribution < 1.29 is 41.4 Å². The number of likely N-dealkylation sites (tertiary alicyclic amines) is 1. The molecule has 1 aliphatic heterocycles. The van der Waals surface area contributed by atoms with Crippen LogP contribution in [-0.2, 0) is 25.2 Å². The van der Waals surface area contributed by atoms with E-state index in [-0.39, 0.29) is 12.0 Å². The minimum atomic E-state index is -4.92. The zero-order chi connectivity index (χ0) is 24.6. The monoisotopic (exact) mass is 461 g/mol. The Bertz CT molecular complexity index is 899. The first kappa shape index (κ1) is 25.6. The molecule has 1 heterocycles. The zero-order valence-electron chi connectivity index (χ0n) is 18.8. The number of carbonyl (C=O) groups excluding carboxylic acids is 3. The Morgan fingerprint density at radius 3 is 2.06 bits per heavy atom. The number of ether oxygens (including phenoxy) is 2. The van der Waals surface area contributed by atoms with Gasteiger partial charge in [-0.2, -0.15) is 13.2 Å². The molecule has 0 spiro atoms. The van der Waals surface area contributed by atoms with E-state index >= 15 is 0 Å². The second-order valence-corrected chi connectivity index (χ2v) is 9.64. The molecule has 0 N–H and O–H groups in total. The fourth-order valence-electron chi connectivity index (χ4n) is 3.37. The summed E-state index contributed by atoms with van der Waals surface area (Å²) in [4.78, 5) is 38.9. The fourth-order valence-corrected chi connectivity index (χ4v) is 3.37. The molecule has 32 heavy (non-hydrogen) atoms. The minimum absolute atomic E-state index is 0.307. The van der Waals surface area contributed by atoms with Gasteiger partial charge in [0.25, 0.3) is 0 Å². The number of halogens is 4. The number of hydrogen-bond acceptors (Lipinski definition) is 5. The van der Waals surface area contributed by atoms with Gasteiger partial charge in [0.1, 0.15) is 23.1 Å². The highest BCUT2D eigenvalue weighted by Crippen LogP contribution is 2.39. The van der Waals surface area contributed by atoms with Gasteiger partial charge in [-0.1, -0.05) is 12.1 Å². The summed E-state index contributed by atoms with van der Waals surface area (Å²) in [5.41, 5.74) is -3.76. The molecule has 1 fully saturated rings. The van der Waals surface area contributed by atoms with Crippen LogP contribution in [0.15, 0.2) is 18.2 Å². The maximum Gasteiger partial charge on any atom is 0.419 e. The van der Waals surface area contributed by atoms with E-state index in [0.29, 0.717) is 11.0 Å². The summed E-state index contributed by atoms with van der Waals surface area (Å²) in [7, 11) is 0. The van der Waals surface area contributed by atoms with Crippen molar-refractivity contribution in [3.8, 4) is 0 Å². The molecule has 0 saturated carbocycles. The number of carbonyl (C=O) groups is 3. The number of nitrogens with zero attached hydrogens (tertiary/aromatic N) is 1. The molecule has 0 bridgehead atoms. The Balaban J connectivity index is 2.46. The topological polar surface area (TPSA) is 72.9 Å². The van der Waals surface area contributed by atoms with Crippen LogP contribution in [0.1, 0.15) is 71.4 Å². The largest absolute Gasteiger partial charge is 0.458 e. The Morgan fingerprint density at radius 1 is 1.00 bits per heavy atom. The van der Waals surface area contributed by atoms with Crippen LogP contribution < -0.4 is 0 Å². The molecule has 1 aliphatic rings. The highest BCUT2D eigenvalue weighted by Gasteiger charge is 2.46. The van der Waals surface area contributed by atoms with Gasteiger partial charge < -0.3 is 9.47 Å². The van der Waals surface area contributed by atoms with Gasteiger partial charge in [-0.25, -0.2) is 18.9 Å². The molecule has 2 rings (SSSR count). The molecule has 0 aliphatic carbocycles. The van der Waals surface area contributed by atoms with Crippen molar-refractivity contribution in [2.24, 2.45) is 0 Å². The molecule has 0 radical (unpaired) electrons. The summed E-state index contributed by atoms with van der Waals surface area (Å²) < 4.78 is 64.7. The van der Waals surface area contributed by atoms with E-state index < -0.39 is 65.1 Å². The maximum absolute atomic E-state index is 14.7. The SMILES string of the molecule is CC(C)(C)OC(=O)[C@H]1C[C@@H](c2cccc(C(F)(F)F)c2F)CC(=O)N1C(=O)OC(C)(C)C. The predicted molar refractivity (Wildman–Crippen MR) is 106 cm³/mol. The zero-order valence-corrected chi connectivity index (χ0v) is 18.8. The summed E-state index contributed by atoms with van der Waals surface area (Å²) in [6.45, 7) is 9.46. The van der Waals surface area contributed by atoms with E-state index in [4.69, 9.17) is 9.47 Å². The van der Waals surface area contributed by atoms with Crippen molar-refractivity contribution in [1.82, 2.24) is 4.90 Å². The maximum atomic E-state index is 14.7. The van der Waals surface area contributed by atoms with Gasteiger partial charge in [-0.15, -0.1) is 0 Å². The summed E-state index contributed by atoms with van der Waals surface area (Å²) in [6.07, 6.45) is -6.79. The number of hydrogen-bond donors (Lipinski definition) is 0. The molecule has 10 heteroatoms. The van der Waals surface area contributed by atoms with Gasteiger partial charge in [0.15, 0.2) is 0 Å². The smallest absolute Gasteiger partial charge is 0.419 e. The van der Waals surface area contributed by atoms with Gasteiger partial charge in [-0.3, -0.25) is 4.79 Å². The van der Waals surface area contributed by atoms with Crippen molar-refractivity contribution in [1.29, 1.82) is 0 Å². The average molecular weight is 461 g/mol. The highest BCUT2D eigenvalue weighted by atomic mass is 19.4. The summed E-state index contributed by atoms with van der Waals surface area (Å²) >= 11 is 0. The highest BCUT2D eigenvalue weighted by molar-refractivity contribution is 5.98. The van der Waals surface area contributed by atoms with Gasteiger partial charge >= 0.3 is 18.2 Å². The van der Waals surface area contributed by atoms with E-state index in [2.05, 4.69) is 0 Å². The Morgan fingerprint density at radius 2 is 1.56 bits per heavy atom. The summed E-state index contributed by atoms with van der Waals surface area (Å²) in [5, 5.41) is 0. The predicted octanol–water partition coefficient (Wildman–Crippen LogP) is 5.20. The van der Waals surface area contributed by atoms with Crippen LogP contribution >= 0.6 is 0 Å².